The van der Waals surface area contributed by atoms with Gasteiger partial charge in [0.25, 0.3) is 5.91 Å². The van der Waals surface area contributed by atoms with Gasteiger partial charge in [0, 0.05) is 49.5 Å². The lowest BCUT2D eigenvalue weighted by Crippen LogP contribution is -2.44. The first-order chi connectivity index (χ1) is 19.6. The van der Waals surface area contributed by atoms with Crippen LogP contribution in [0.5, 0.6) is 0 Å². The maximum Gasteiger partial charge on any atom is 0.414 e. The summed E-state index contributed by atoms with van der Waals surface area (Å²) in [7, 11) is 0. The summed E-state index contributed by atoms with van der Waals surface area (Å²) in [5.74, 6) is -0.924. The van der Waals surface area contributed by atoms with Gasteiger partial charge in [-0.2, -0.15) is 0 Å². The molecule has 10 heteroatoms. The van der Waals surface area contributed by atoms with Crippen LogP contribution < -0.4 is 9.80 Å². The van der Waals surface area contributed by atoms with Crippen molar-refractivity contribution in [1.82, 2.24) is 15.0 Å². The minimum atomic E-state index is -1.79. The van der Waals surface area contributed by atoms with Crippen molar-refractivity contribution >= 4 is 23.4 Å². The molecule has 3 heterocycles. The van der Waals surface area contributed by atoms with Crippen LogP contribution in [0.1, 0.15) is 58.2 Å². The molecule has 4 rings (SSSR count). The molecule has 0 saturated carbocycles. The third-order valence-corrected chi connectivity index (χ3v) is 7.60. The fourth-order valence-corrected chi connectivity index (χ4v) is 5.17. The molecule has 0 aliphatic carbocycles. The number of cyclic esters (lactones) is 1. The zero-order chi connectivity index (χ0) is 29.6. The van der Waals surface area contributed by atoms with Crippen molar-refractivity contribution in [3.05, 3.63) is 71.1 Å². The van der Waals surface area contributed by atoms with E-state index in [1.165, 1.54) is 16.0 Å². The molecule has 1 fully saturated rings. The molecule has 0 spiro atoms. The number of hydrogen-bond acceptors (Lipinski definition) is 7. The molecule has 220 valence electrons. The van der Waals surface area contributed by atoms with E-state index in [4.69, 9.17) is 9.84 Å². The first-order valence-electron chi connectivity index (χ1n) is 14.2. The SMILES string of the molecule is CC(C)=CCC/C(C)=C/CN1C(=O)[C@](O)([C@H](C)/C=C/CCn2cc(CCO)nn2)c2cc(N3CCOC3=O)ccc21. The Bertz CT molecular complexity index is 1340. The van der Waals surface area contributed by atoms with Gasteiger partial charge < -0.3 is 19.8 Å². The quantitative estimate of drug-likeness (QED) is 0.349. The van der Waals surface area contributed by atoms with Crippen molar-refractivity contribution in [2.45, 2.75) is 65.5 Å². The number of fused-ring (bicyclic) bond motifs is 1. The van der Waals surface area contributed by atoms with Gasteiger partial charge in [-0.25, -0.2) is 4.79 Å². The van der Waals surface area contributed by atoms with Gasteiger partial charge in [0.05, 0.1) is 17.9 Å². The average molecular weight is 564 g/mol. The lowest BCUT2D eigenvalue weighted by Gasteiger charge is -2.28. The van der Waals surface area contributed by atoms with Gasteiger partial charge in [0.1, 0.15) is 6.61 Å². The summed E-state index contributed by atoms with van der Waals surface area (Å²) in [5, 5.41) is 29.2. The van der Waals surface area contributed by atoms with Crippen LogP contribution in [0, 0.1) is 5.92 Å². The Balaban J connectivity index is 1.56. The van der Waals surface area contributed by atoms with E-state index < -0.39 is 17.6 Å². The van der Waals surface area contributed by atoms with Gasteiger partial charge in [-0.15, -0.1) is 5.10 Å². The van der Waals surface area contributed by atoms with Gasteiger partial charge in [0.2, 0.25) is 0 Å². The summed E-state index contributed by atoms with van der Waals surface area (Å²) in [4.78, 5) is 29.3. The lowest BCUT2D eigenvalue weighted by atomic mass is 9.82. The first kappa shape index (κ1) is 30.2. The standard InChI is InChI=1S/C31H41N5O5/c1-22(2)8-7-9-23(3)13-16-36-28-12-11-26(35-17-19-41-30(35)39)20-27(28)31(40,29(36)38)24(4)10-5-6-15-34-21-25(14-18-37)32-33-34/h5,8,10-13,20-21,24,37,40H,6-7,9,14-19H2,1-4H3/b10-5+,23-13+/t24-,31+/m1/s1. The normalized spacial score (nSPS) is 19.7. The Morgan fingerprint density at radius 3 is 2.71 bits per heavy atom. The zero-order valence-corrected chi connectivity index (χ0v) is 24.4. The topological polar surface area (TPSA) is 121 Å². The fraction of sp³-hybridized carbons (Fsp3) is 0.484. The lowest BCUT2D eigenvalue weighted by molar-refractivity contribution is -0.139. The van der Waals surface area contributed by atoms with Gasteiger partial charge >= 0.3 is 6.09 Å². The molecule has 2 aliphatic rings. The summed E-state index contributed by atoms with van der Waals surface area (Å²) in [6.45, 7) is 9.70. The van der Waals surface area contributed by atoms with Crippen LogP contribution in [0.15, 0.2) is 59.8 Å². The molecule has 2 aromatic rings. The van der Waals surface area contributed by atoms with Crippen molar-refractivity contribution in [3.8, 4) is 0 Å². The number of aliphatic hydroxyl groups excluding tert-OH is 1. The molecule has 1 aromatic carbocycles. The van der Waals surface area contributed by atoms with E-state index in [9.17, 15) is 14.7 Å². The van der Waals surface area contributed by atoms with E-state index in [0.29, 0.717) is 56.0 Å². The average Bonchev–Trinajstić information content (AvgIpc) is 3.63. The number of hydrogen-bond donors (Lipinski definition) is 2. The smallest absolute Gasteiger partial charge is 0.414 e. The molecular formula is C31H41N5O5. The number of anilines is 2. The van der Waals surface area contributed by atoms with E-state index in [-0.39, 0.29) is 12.5 Å². The number of benzene rings is 1. The largest absolute Gasteiger partial charge is 0.447 e. The van der Waals surface area contributed by atoms with Crippen LogP contribution in [0.25, 0.3) is 0 Å². The number of allylic oxidation sites excluding steroid dienone is 4. The van der Waals surface area contributed by atoms with Crippen LogP contribution in [0.2, 0.25) is 0 Å². The number of carbonyl (C=O) groups excluding carboxylic acids is 2. The molecule has 0 unspecified atom stereocenters. The molecule has 0 radical (unpaired) electrons. The highest BCUT2D eigenvalue weighted by atomic mass is 16.6. The van der Waals surface area contributed by atoms with E-state index >= 15 is 0 Å². The Hall–Kier alpha value is -3.76. The highest BCUT2D eigenvalue weighted by Crippen LogP contribution is 2.46. The Morgan fingerprint density at radius 1 is 1.20 bits per heavy atom. The third-order valence-electron chi connectivity index (χ3n) is 7.60. The number of aliphatic hydroxyl groups is 2. The van der Waals surface area contributed by atoms with Gasteiger partial charge in [0.15, 0.2) is 5.60 Å². The highest BCUT2D eigenvalue weighted by molar-refractivity contribution is 6.08. The van der Waals surface area contributed by atoms with Gasteiger partial charge in [-0.05, 0) is 58.2 Å². The molecule has 1 saturated heterocycles. The summed E-state index contributed by atoms with van der Waals surface area (Å²) >= 11 is 0. The predicted octanol–water partition coefficient (Wildman–Crippen LogP) is 4.28. The molecule has 2 aliphatic heterocycles. The molecular weight excluding hydrogens is 522 g/mol. The maximum atomic E-state index is 13.9. The molecule has 2 atom stereocenters. The molecule has 10 nitrogen and oxygen atoms in total. The van der Waals surface area contributed by atoms with Crippen molar-refractivity contribution in [1.29, 1.82) is 0 Å². The molecule has 41 heavy (non-hydrogen) atoms. The Kier molecular flexibility index (Phi) is 9.77. The van der Waals surface area contributed by atoms with Crippen LogP contribution in [0.4, 0.5) is 16.2 Å². The minimum Gasteiger partial charge on any atom is -0.447 e. The summed E-state index contributed by atoms with van der Waals surface area (Å²) in [5.41, 5.74) is 3.10. The minimum absolute atomic E-state index is 0.0210. The van der Waals surface area contributed by atoms with Crippen LogP contribution in [0.3, 0.4) is 0 Å². The fourth-order valence-electron chi connectivity index (χ4n) is 5.17. The van der Waals surface area contributed by atoms with Crippen molar-refractivity contribution < 1.29 is 24.5 Å². The van der Waals surface area contributed by atoms with E-state index in [1.807, 2.05) is 31.2 Å². The Morgan fingerprint density at radius 2 is 2.00 bits per heavy atom. The number of ether oxygens (including phenoxy) is 1. The van der Waals surface area contributed by atoms with E-state index in [1.54, 1.807) is 27.9 Å². The van der Waals surface area contributed by atoms with Crippen molar-refractivity contribution in [2.75, 3.05) is 36.1 Å². The molecule has 0 bridgehead atoms. The zero-order valence-electron chi connectivity index (χ0n) is 24.4. The second-order valence-electron chi connectivity index (χ2n) is 11.0. The third kappa shape index (κ3) is 6.77. The van der Waals surface area contributed by atoms with Crippen LogP contribution in [-0.2, 0) is 28.1 Å². The highest BCUT2D eigenvalue weighted by Gasteiger charge is 2.52. The van der Waals surface area contributed by atoms with Crippen molar-refractivity contribution in [3.63, 3.8) is 0 Å². The van der Waals surface area contributed by atoms with Gasteiger partial charge in [-0.1, -0.05) is 47.6 Å². The molecule has 2 amide bonds. The maximum absolute atomic E-state index is 13.9. The van der Waals surface area contributed by atoms with Crippen LogP contribution in [-0.4, -0.2) is 63.5 Å². The molecule has 1 aromatic heterocycles. The summed E-state index contributed by atoms with van der Waals surface area (Å²) < 4.78 is 6.82. The predicted molar refractivity (Wildman–Crippen MR) is 158 cm³/mol. The number of rotatable bonds is 13. The van der Waals surface area contributed by atoms with E-state index in [2.05, 4.69) is 37.2 Å². The second-order valence-corrected chi connectivity index (χ2v) is 11.0. The Labute approximate surface area is 241 Å². The monoisotopic (exact) mass is 563 g/mol. The summed E-state index contributed by atoms with van der Waals surface area (Å²) in [6.07, 6.45) is 12.3. The van der Waals surface area contributed by atoms with Gasteiger partial charge in [-0.3, -0.25) is 14.4 Å². The number of amides is 2. The number of aromatic nitrogens is 3. The second kappa shape index (κ2) is 13.3. The van der Waals surface area contributed by atoms with Crippen LogP contribution >= 0.6 is 0 Å². The molecule has 2 N–H and O–H groups in total. The number of nitrogens with zero attached hydrogens (tertiary/aromatic N) is 5. The first-order valence-corrected chi connectivity index (χ1v) is 14.2. The number of carbonyl (C=O) groups is 2. The number of aryl methyl sites for hydroxylation is 1. The van der Waals surface area contributed by atoms with Crippen molar-refractivity contribution in [2.24, 2.45) is 5.92 Å². The summed E-state index contributed by atoms with van der Waals surface area (Å²) in [6, 6.07) is 5.35. The van der Waals surface area contributed by atoms with E-state index in [0.717, 1.165) is 18.5 Å².